The number of methoxy groups -OCH3 is 5. The summed E-state index contributed by atoms with van der Waals surface area (Å²) in [5.74, 6) is -5.73. The molecule has 0 atom stereocenters. The molecule has 122 heavy (non-hydrogen) atoms. The van der Waals surface area contributed by atoms with Crippen molar-refractivity contribution in [1.82, 2.24) is 34.9 Å². The van der Waals surface area contributed by atoms with Crippen molar-refractivity contribution in [2.24, 2.45) is 0 Å². The molecule has 0 aliphatic carbocycles. The quantitative estimate of drug-likeness (QED) is 0.0124. The van der Waals surface area contributed by atoms with Gasteiger partial charge in [-0.25, -0.2) is 43.5 Å². The maximum Gasteiger partial charge on any atom is 0.343 e. The van der Waals surface area contributed by atoms with E-state index in [4.69, 9.17) is 69.8 Å². The zero-order valence-electron chi connectivity index (χ0n) is 69.4. The highest BCUT2D eigenvalue weighted by molar-refractivity contribution is 6.02. The van der Waals surface area contributed by atoms with Crippen molar-refractivity contribution in [2.75, 3.05) is 182 Å². The topological polar surface area (TPSA) is 543 Å². The number of carboxylic acids is 2. The van der Waals surface area contributed by atoms with E-state index in [1.165, 1.54) is 132 Å². The van der Waals surface area contributed by atoms with Crippen molar-refractivity contribution < 1.29 is 149 Å². The largest absolute Gasteiger partial charge is 0.504 e. The second-order valence-electron chi connectivity index (χ2n) is 25.6. The molecule has 0 aliphatic rings. The SMILES string of the molecule is CCOc1ccc(C(=O)CN(C)C(=O)Cc2cccc(N)n2)cc1OCC(=O)OC.CN(C)CC(=O)c1ccc(O)c(O)c1.CN(CC(=O)c1ccc(OCC(=O)O)c(OCC(=O)O)c1)C(=O)Cc1cccc(N)n1.CNCC(=O)c1ccc(OCC(=O)OC)c(OCC(=O)OC)c1.COC(=O)COc1ccc(C(=O)CN(C)C)cc1OCC(=O)OC. The number of carbonyl (C=O) groups is 14. The predicted octanol–water partition coefficient (Wildman–Crippen LogP) is 3.54. The molecule has 0 aliphatic heterocycles. The van der Waals surface area contributed by atoms with Crippen LogP contribution >= 0.6 is 0 Å². The van der Waals surface area contributed by atoms with Gasteiger partial charge >= 0.3 is 41.8 Å². The smallest absolute Gasteiger partial charge is 0.343 e. The molecule has 40 nitrogen and oxygen atoms in total. The van der Waals surface area contributed by atoms with Gasteiger partial charge in [0.25, 0.3) is 0 Å². The normalized spacial score (nSPS) is 10.2. The van der Waals surface area contributed by atoms with E-state index in [2.05, 4.69) is 39.0 Å². The number of hydrogen-bond donors (Lipinski definition) is 7. The van der Waals surface area contributed by atoms with E-state index in [1.807, 2.05) is 0 Å². The lowest BCUT2D eigenvalue weighted by molar-refractivity contribution is -0.144. The molecule has 0 unspecified atom stereocenters. The molecule has 0 radical (unpaired) electrons. The second-order valence-corrected chi connectivity index (χ2v) is 25.6. The van der Waals surface area contributed by atoms with Crippen molar-refractivity contribution in [3.63, 3.8) is 0 Å². The zero-order chi connectivity index (χ0) is 91.1. The summed E-state index contributed by atoms with van der Waals surface area (Å²) in [4.78, 5) is 177. The van der Waals surface area contributed by atoms with E-state index in [1.54, 1.807) is 107 Å². The minimum Gasteiger partial charge on any atom is -0.504 e. The first-order valence-electron chi connectivity index (χ1n) is 36.3. The Morgan fingerprint density at radius 3 is 0.918 bits per heavy atom. The molecular formula is C82H99N9O31. The fraction of sp³-hybridized carbons (Fsp3) is 0.341. The van der Waals surface area contributed by atoms with Crippen LogP contribution in [0, 0.1) is 0 Å². The number of benzene rings is 5. The van der Waals surface area contributed by atoms with Gasteiger partial charge in [0.05, 0.1) is 99.1 Å². The predicted molar refractivity (Wildman–Crippen MR) is 433 cm³/mol. The number of aromatic hydroxyl groups is 2. The Balaban J connectivity index is 0.000000402. The summed E-state index contributed by atoms with van der Waals surface area (Å²) >= 11 is 0. The molecule has 0 saturated heterocycles. The number of esters is 5. The first-order chi connectivity index (χ1) is 57.9. The highest BCUT2D eigenvalue weighted by Crippen LogP contribution is 2.33. The third-order valence-electron chi connectivity index (χ3n) is 15.4. The van der Waals surface area contributed by atoms with Crippen molar-refractivity contribution in [3.8, 4) is 57.5 Å². The molecule has 7 aromatic rings. The van der Waals surface area contributed by atoms with Crippen LogP contribution in [-0.4, -0.2) is 303 Å². The Kier molecular flexibility index (Phi) is 44.8. The molecular weight excluding hydrogens is 1610 g/mol. The number of nitrogens with zero attached hydrogens (tertiary/aromatic N) is 6. The Morgan fingerprint density at radius 2 is 0.631 bits per heavy atom. The minimum atomic E-state index is -1.26. The van der Waals surface area contributed by atoms with E-state index in [9.17, 15) is 67.1 Å². The number of amides is 2. The number of pyridine rings is 2. The Labute approximate surface area is 701 Å². The van der Waals surface area contributed by atoms with E-state index in [0.717, 1.165) is 0 Å². The molecule has 0 spiro atoms. The molecule has 9 N–H and O–H groups in total. The number of carbonyl (C=O) groups excluding carboxylic acids is 12. The Morgan fingerprint density at radius 1 is 0.352 bits per heavy atom. The maximum atomic E-state index is 12.7. The standard InChI is InChI=1S/C21H25N3O6.C20H21N3O8.C16H21NO7.C15H19NO7.C10H13NO3/c1-4-29-17-9-8-14(10-18(17)30-13-21(27)28-3)16(25)12-24(2)20(26)11-15-6-5-7-19(22)23-15;1-23(18(25)8-13-3-2-4-17(21)22-13)9-14(24)12-5-6-15(30-10-19(26)27)16(7-12)31-11-20(28)29;1-17(2)8-12(18)11-5-6-13(23-9-15(19)21-3)14(7-11)24-10-16(20)22-4;1-16-7-11(17)10-4-5-12(22-8-14(18)20-2)13(6-10)23-9-15(19)21-3;1-11(2)6-10(14)7-3-4-8(12)9(13)5-7/h5-10H,4,11-13H2,1-3H3,(H2,22,23);2-7H,8-11H2,1H3,(H2,21,22)(H,26,27)(H,28,29);5-7H,8-10H2,1-4H3;4-6,16H,7-9H2,1-3H3;3-5,12-13H,6H2,1-2H3. The van der Waals surface area contributed by atoms with Crippen LogP contribution in [0.5, 0.6) is 57.5 Å². The van der Waals surface area contributed by atoms with Crippen LogP contribution in [0.4, 0.5) is 11.6 Å². The van der Waals surface area contributed by atoms with Crippen LogP contribution < -0.4 is 54.7 Å². The van der Waals surface area contributed by atoms with Crippen molar-refractivity contribution in [2.45, 2.75) is 19.8 Å². The van der Waals surface area contributed by atoms with Crippen LogP contribution in [0.3, 0.4) is 0 Å². The number of ether oxygens (including phenoxy) is 13. The van der Waals surface area contributed by atoms with E-state index >= 15 is 0 Å². The van der Waals surface area contributed by atoms with Gasteiger partial charge in [0.2, 0.25) is 11.8 Å². The van der Waals surface area contributed by atoms with Gasteiger partial charge in [-0.15, -0.1) is 0 Å². The number of anilines is 2. The number of hydrogen-bond acceptors (Lipinski definition) is 36. The molecule has 0 bridgehead atoms. The van der Waals surface area contributed by atoms with Crippen LogP contribution in [0.1, 0.15) is 70.1 Å². The number of phenols is 2. The van der Waals surface area contributed by atoms with E-state index < -0.39 is 60.8 Å². The lowest BCUT2D eigenvalue weighted by atomic mass is 10.1. The summed E-state index contributed by atoms with van der Waals surface area (Å²) in [5, 5.41) is 38.5. The first-order valence-corrected chi connectivity index (χ1v) is 36.3. The fourth-order valence-corrected chi connectivity index (χ4v) is 9.35. The number of carboxylic acid groups (broad SMARTS) is 2. The number of aliphatic carboxylic acids is 2. The number of nitrogen functional groups attached to an aromatic ring is 2. The lowest BCUT2D eigenvalue weighted by Crippen LogP contribution is -2.33. The van der Waals surface area contributed by atoms with Gasteiger partial charge in [-0.2, -0.15) is 0 Å². The monoisotopic (exact) mass is 1710 g/mol. The summed E-state index contributed by atoms with van der Waals surface area (Å²) in [6.07, 6.45) is -0.00462. The summed E-state index contributed by atoms with van der Waals surface area (Å²) in [6, 6.07) is 31.5. The summed E-state index contributed by atoms with van der Waals surface area (Å²) in [6.45, 7) is -0.604. The number of nitrogens with two attached hydrogens (primary N) is 2. The Bertz CT molecular complexity index is 4750. The third-order valence-corrected chi connectivity index (χ3v) is 15.4. The molecule has 0 fully saturated rings. The number of nitrogens with one attached hydrogen (secondary N) is 1. The highest BCUT2D eigenvalue weighted by Gasteiger charge is 2.23. The summed E-state index contributed by atoms with van der Waals surface area (Å²) in [5.41, 5.74) is 13.8. The van der Waals surface area contributed by atoms with Crippen molar-refractivity contribution in [3.05, 3.63) is 167 Å². The molecule has 40 heteroatoms. The van der Waals surface area contributed by atoms with Gasteiger partial charge in [-0.1, -0.05) is 12.1 Å². The van der Waals surface area contributed by atoms with Crippen molar-refractivity contribution >= 4 is 94.2 Å². The van der Waals surface area contributed by atoms with Crippen LogP contribution in [0.15, 0.2) is 127 Å². The molecule has 658 valence electrons. The average Bonchev–Trinajstić information content (AvgIpc) is 0.845. The second kappa shape index (κ2) is 53.7. The average molecular weight is 1710 g/mol. The van der Waals surface area contributed by atoms with Gasteiger partial charge in [-0.3, -0.25) is 33.6 Å². The number of likely N-dealkylation sites (N-methyl/N-ethyl adjacent to an activating group) is 5. The molecule has 0 saturated carbocycles. The van der Waals surface area contributed by atoms with Crippen LogP contribution in [0.2, 0.25) is 0 Å². The zero-order valence-corrected chi connectivity index (χ0v) is 69.4. The number of phenolic OH excluding ortho intramolecular Hbond substituents is 2. The molecule has 7 rings (SSSR count). The molecule has 2 aromatic heterocycles. The van der Waals surface area contributed by atoms with Crippen LogP contribution in [-0.2, 0) is 79.7 Å². The molecule has 5 aromatic carbocycles. The van der Waals surface area contributed by atoms with Gasteiger partial charge < -0.3 is 118 Å². The maximum absolute atomic E-state index is 12.7. The number of rotatable bonds is 42. The highest BCUT2D eigenvalue weighted by atomic mass is 16.6. The number of Topliss-reactive ketones (excluding diaryl/α,β-unsaturated/α-hetero) is 5. The third kappa shape index (κ3) is 38.2. The van der Waals surface area contributed by atoms with Gasteiger partial charge in [0, 0.05) is 41.9 Å². The summed E-state index contributed by atoms with van der Waals surface area (Å²) < 4.78 is 64.8. The van der Waals surface area contributed by atoms with E-state index in [0.29, 0.717) is 51.8 Å². The van der Waals surface area contributed by atoms with Crippen molar-refractivity contribution in [1.29, 1.82) is 0 Å². The first kappa shape index (κ1) is 102. The van der Waals surface area contributed by atoms with E-state index in [-0.39, 0.29) is 177 Å². The minimum absolute atomic E-state index is 0.0302. The van der Waals surface area contributed by atoms with Crippen LogP contribution in [0.25, 0.3) is 0 Å². The lowest BCUT2D eigenvalue weighted by Gasteiger charge is -2.17. The fourth-order valence-electron chi connectivity index (χ4n) is 9.35. The number of aromatic nitrogens is 2. The summed E-state index contributed by atoms with van der Waals surface area (Å²) in [7, 11) is 18.0. The van der Waals surface area contributed by atoms with Gasteiger partial charge in [-0.05, 0) is 157 Å². The molecule has 2 amide bonds. The van der Waals surface area contributed by atoms with Gasteiger partial charge in [0.1, 0.15) is 11.6 Å². The van der Waals surface area contributed by atoms with Gasteiger partial charge in [0.15, 0.2) is 133 Å². The Hall–Kier alpha value is -14.5. The molecule has 2 heterocycles. The number of ketones is 5.